The van der Waals surface area contributed by atoms with Crippen LogP contribution in [0.4, 0.5) is 5.69 Å². The first kappa shape index (κ1) is 22.2. The predicted octanol–water partition coefficient (Wildman–Crippen LogP) is 2.99. The summed E-state index contributed by atoms with van der Waals surface area (Å²) in [6.07, 6.45) is 2.63. The average Bonchev–Trinajstić information content (AvgIpc) is 3.43. The minimum atomic E-state index is 0.0310. The number of fused-ring (bicyclic) bond motifs is 1. The molecule has 3 aromatic rings. The van der Waals surface area contributed by atoms with Gasteiger partial charge in [0.25, 0.3) is 11.8 Å². The highest BCUT2D eigenvalue weighted by atomic mass is 32.1. The molecule has 0 bridgehead atoms. The minimum absolute atomic E-state index is 0.0310. The van der Waals surface area contributed by atoms with Crippen molar-refractivity contribution >= 4 is 28.8 Å². The van der Waals surface area contributed by atoms with E-state index in [-0.39, 0.29) is 11.8 Å². The van der Waals surface area contributed by atoms with Gasteiger partial charge in [0.15, 0.2) is 5.01 Å². The fourth-order valence-corrected chi connectivity index (χ4v) is 6.02. The van der Waals surface area contributed by atoms with E-state index in [1.165, 1.54) is 28.2 Å². The summed E-state index contributed by atoms with van der Waals surface area (Å²) in [6.45, 7) is 6.36. The highest BCUT2D eigenvalue weighted by Crippen LogP contribution is 2.29. The van der Waals surface area contributed by atoms with Crippen LogP contribution in [0.25, 0.3) is 0 Å². The first-order chi connectivity index (χ1) is 17.2. The quantitative estimate of drug-likeness (QED) is 0.566. The van der Waals surface area contributed by atoms with Crippen LogP contribution >= 0.6 is 11.3 Å². The smallest absolute Gasteiger partial charge is 0.282 e. The number of amides is 2. The van der Waals surface area contributed by atoms with E-state index in [4.69, 9.17) is 0 Å². The highest BCUT2D eigenvalue weighted by Gasteiger charge is 2.38. The lowest BCUT2D eigenvalue weighted by molar-refractivity contribution is 0.00846. The zero-order chi connectivity index (χ0) is 23.8. The van der Waals surface area contributed by atoms with Gasteiger partial charge in [0.1, 0.15) is 0 Å². The molecular formula is C27H29N5O2S. The Morgan fingerprint density at radius 1 is 0.857 bits per heavy atom. The topological polar surface area (TPSA) is 60.0 Å². The number of likely N-dealkylation sites (tertiary alicyclic amines) is 1. The van der Waals surface area contributed by atoms with E-state index in [9.17, 15) is 9.59 Å². The Bertz CT molecular complexity index is 1200. The number of thiazole rings is 1. The molecule has 2 amide bonds. The number of piperazine rings is 1. The summed E-state index contributed by atoms with van der Waals surface area (Å²) in [4.78, 5) is 38.8. The Morgan fingerprint density at radius 2 is 1.66 bits per heavy atom. The Morgan fingerprint density at radius 3 is 2.40 bits per heavy atom. The van der Waals surface area contributed by atoms with E-state index in [1.54, 1.807) is 6.20 Å². The largest absolute Gasteiger partial charge is 0.367 e. The van der Waals surface area contributed by atoms with Crippen LogP contribution in [-0.4, -0.2) is 83.4 Å². The van der Waals surface area contributed by atoms with Crippen molar-refractivity contribution in [3.05, 3.63) is 81.8 Å². The van der Waals surface area contributed by atoms with Gasteiger partial charge in [0.05, 0.1) is 0 Å². The summed E-state index contributed by atoms with van der Waals surface area (Å²) in [5.41, 5.74) is 4.52. The number of hydrogen-bond acceptors (Lipinski definition) is 6. The molecule has 7 nitrogen and oxygen atoms in total. The van der Waals surface area contributed by atoms with Crippen molar-refractivity contribution < 1.29 is 9.59 Å². The van der Waals surface area contributed by atoms with E-state index < -0.39 is 0 Å². The van der Waals surface area contributed by atoms with Gasteiger partial charge in [-0.1, -0.05) is 30.3 Å². The fourth-order valence-electron chi connectivity index (χ4n) is 5.42. The molecule has 0 radical (unpaired) electrons. The molecular weight excluding hydrogens is 458 g/mol. The molecule has 0 saturated carbocycles. The SMILES string of the molecule is O=C(c1nccs1)N1CCN(C2CN(C(=O)c3cccc4c3CN(c3ccccc3)CC4)C2)CC1. The van der Waals surface area contributed by atoms with Crippen molar-refractivity contribution in [3.8, 4) is 0 Å². The molecule has 0 N–H and O–H groups in total. The molecule has 2 saturated heterocycles. The third kappa shape index (κ3) is 4.32. The van der Waals surface area contributed by atoms with Crippen LogP contribution in [0.3, 0.4) is 0 Å². The number of para-hydroxylation sites is 1. The van der Waals surface area contributed by atoms with Crippen LogP contribution in [0.1, 0.15) is 31.3 Å². The lowest BCUT2D eigenvalue weighted by Crippen LogP contribution is -2.64. The van der Waals surface area contributed by atoms with E-state index >= 15 is 0 Å². The maximum atomic E-state index is 13.5. The molecule has 35 heavy (non-hydrogen) atoms. The number of nitrogens with zero attached hydrogens (tertiary/aromatic N) is 5. The number of rotatable bonds is 4. The normalized spacial score (nSPS) is 18.8. The Kier molecular flexibility index (Phi) is 6.00. The van der Waals surface area contributed by atoms with Gasteiger partial charge in [0.2, 0.25) is 0 Å². The lowest BCUT2D eigenvalue weighted by Gasteiger charge is -2.48. The maximum absolute atomic E-state index is 13.5. The van der Waals surface area contributed by atoms with E-state index in [2.05, 4.69) is 45.1 Å². The Labute approximate surface area is 209 Å². The summed E-state index contributed by atoms with van der Waals surface area (Å²) in [5, 5.41) is 2.41. The number of carbonyl (C=O) groups is 2. The van der Waals surface area contributed by atoms with Crippen molar-refractivity contribution in [2.24, 2.45) is 0 Å². The van der Waals surface area contributed by atoms with Gasteiger partial charge >= 0.3 is 0 Å². The molecule has 0 unspecified atom stereocenters. The van der Waals surface area contributed by atoms with Crippen LogP contribution < -0.4 is 4.90 Å². The number of hydrogen-bond donors (Lipinski definition) is 0. The highest BCUT2D eigenvalue weighted by molar-refractivity contribution is 7.11. The van der Waals surface area contributed by atoms with Crippen LogP contribution in [-0.2, 0) is 13.0 Å². The second-order valence-electron chi connectivity index (χ2n) is 9.48. The summed E-state index contributed by atoms with van der Waals surface area (Å²) < 4.78 is 0. The monoisotopic (exact) mass is 487 g/mol. The number of aromatic nitrogens is 1. The summed E-state index contributed by atoms with van der Waals surface area (Å²) in [5.74, 6) is 0.175. The summed E-state index contributed by atoms with van der Waals surface area (Å²) in [6, 6.07) is 17.0. The molecule has 0 atom stereocenters. The van der Waals surface area contributed by atoms with Gasteiger partial charge in [0, 0.05) is 81.2 Å². The van der Waals surface area contributed by atoms with Crippen LogP contribution in [0.15, 0.2) is 60.1 Å². The van der Waals surface area contributed by atoms with Gasteiger partial charge in [-0.15, -0.1) is 11.3 Å². The second-order valence-corrected chi connectivity index (χ2v) is 10.4. The molecule has 6 rings (SSSR count). The van der Waals surface area contributed by atoms with Gasteiger partial charge in [-0.2, -0.15) is 0 Å². The Hall–Kier alpha value is -3.23. The van der Waals surface area contributed by atoms with Gasteiger partial charge in [-0.3, -0.25) is 14.5 Å². The number of anilines is 1. The van der Waals surface area contributed by atoms with E-state index in [0.717, 1.165) is 51.3 Å². The molecule has 0 aliphatic carbocycles. The van der Waals surface area contributed by atoms with Crippen molar-refractivity contribution in [1.29, 1.82) is 0 Å². The maximum Gasteiger partial charge on any atom is 0.282 e. The molecule has 180 valence electrons. The molecule has 3 aliphatic heterocycles. The molecule has 2 aromatic carbocycles. The van der Waals surface area contributed by atoms with Gasteiger partial charge < -0.3 is 14.7 Å². The molecule has 3 aliphatic rings. The number of benzene rings is 2. The molecule has 0 spiro atoms. The molecule has 4 heterocycles. The van der Waals surface area contributed by atoms with Crippen LogP contribution in [0.2, 0.25) is 0 Å². The van der Waals surface area contributed by atoms with Crippen LogP contribution in [0.5, 0.6) is 0 Å². The first-order valence-electron chi connectivity index (χ1n) is 12.3. The molecule has 1 aromatic heterocycles. The fraction of sp³-hybridized carbons (Fsp3) is 0.370. The first-order valence-corrected chi connectivity index (χ1v) is 13.2. The van der Waals surface area contributed by atoms with Crippen molar-refractivity contribution in [2.45, 2.75) is 19.0 Å². The zero-order valence-corrected chi connectivity index (χ0v) is 20.5. The predicted molar refractivity (Wildman–Crippen MR) is 137 cm³/mol. The minimum Gasteiger partial charge on any atom is -0.367 e. The van der Waals surface area contributed by atoms with E-state index in [1.807, 2.05) is 33.4 Å². The van der Waals surface area contributed by atoms with Crippen LogP contribution in [0, 0.1) is 0 Å². The van der Waals surface area contributed by atoms with Crippen molar-refractivity contribution in [1.82, 2.24) is 19.7 Å². The van der Waals surface area contributed by atoms with E-state index in [0.29, 0.717) is 24.1 Å². The second kappa shape index (κ2) is 9.43. The molecule has 2 fully saturated rings. The van der Waals surface area contributed by atoms with Gasteiger partial charge in [-0.25, -0.2) is 4.98 Å². The average molecular weight is 488 g/mol. The standard InChI is InChI=1S/C27H29N5O2S/c33-26(23-8-4-5-20-9-11-31(19-24(20)23)21-6-2-1-3-7-21)32-17-22(18-32)29-12-14-30(15-13-29)27(34)25-28-10-16-35-25/h1-8,10,16,22H,9,11-15,17-19H2. The summed E-state index contributed by atoms with van der Waals surface area (Å²) >= 11 is 1.39. The molecule has 8 heteroatoms. The zero-order valence-electron chi connectivity index (χ0n) is 19.7. The third-order valence-corrected chi connectivity index (χ3v) is 8.27. The Balaban J connectivity index is 1.07. The third-order valence-electron chi connectivity index (χ3n) is 7.51. The van der Waals surface area contributed by atoms with Crippen molar-refractivity contribution in [2.75, 3.05) is 50.7 Å². The lowest BCUT2D eigenvalue weighted by atomic mass is 9.92. The summed E-state index contributed by atoms with van der Waals surface area (Å²) in [7, 11) is 0. The number of carbonyl (C=O) groups excluding carboxylic acids is 2. The van der Waals surface area contributed by atoms with Crippen molar-refractivity contribution in [3.63, 3.8) is 0 Å². The van der Waals surface area contributed by atoms with Gasteiger partial charge in [-0.05, 0) is 35.7 Å².